The highest BCUT2D eigenvalue weighted by molar-refractivity contribution is 5.78. The molecular weight excluding hydrogens is 533 g/mol. The molecule has 3 N–H and O–H groups in total. The lowest BCUT2D eigenvalue weighted by atomic mass is 10.1. The van der Waals surface area contributed by atoms with E-state index in [4.69, 9.17) is 9.84 Å². The van der Waals surface area contributed by atoms with E-state index in [1.54, 1.807) is 37.6 Å². The van der Waals surface area contributed by atoms with Gasteiger partial charge in [-0.05, 0) is 75.2 Å². The van der Waals surface area contributed by atoms with Crippen LogP contribution in [0.4, 0.5) is 27.5 Å². The molecule has 224 valence electrons. The van der Waals surface area contributed by atoms with Gasteiger partial charge in [-0.1, -0.05) is 38.1 Å². The lowest BCUT2D eigenvalue weighted by molar-refractivity contribution is 0.122. The summed E-state index contributed by atoms with van der Waals surface area (Å²) in [7, 11) is 0. The van der Waals surface area contributed by atoms with E-state index in [0.717, 1.165) is 17.6 Å². The quantitative estimate of drug-likeness (QED) is 0.111. The monoisotopic (exact) mass is 575 g/mol. The van der Waals surface area contributed by atoms with Crippen molar-refractivity contribution in [3.8, 4) is 0 Å². The molecule has 1 saturated heterocycles. The summed E-state index contributed by atoms with van der Waals surface area (Å²) in [5.41, 5.74) is 7.77. The van der Waals surface area contributed by atoms with Gasteiger partial charge >= 0.3 is 0 Å². The number of benzene rings is 1. The highest BCUT2D eigenvalue weighted by atomic mass is 19.1. The molecular formula is C32H42FN7O2. The second-order valence-corrected chi connectivity index (χ2v) is 8.83. The molecule has 0 aliphatic carbocycles. The minimum atomic E-state index is -0.468. The maximum absolute atomic E-state index is 14.1. The fraction of sp³-hybridized carbons (Fsp3) is 0.312. The molecule has 1 aliphatic rings. The summed E-state index contributed by atoms with van der Waals surface area (Å²) in [6.07, 6.45) is 13.3. The molecule has 10 heteroatoms. The number of anilines is 4. The minimum Gasteiger partial charge on any atom is -0.508 e. The van der Waals surface area contributed by atoms with Crippen LogP contribution in [0, 0.1) is 19.7 Å². The van der Waals surface area contributed by atoms with E-state index in [-0.39, 0.29) is 11.8 Å². The molecule has 0 radical (unpaired) electrons. The van der Waals surface area contributed by atoms with Crippen molar-refractivity contribution in [2.75, 3.05) is 41.9 Å². The molecule has 42 heavy (non-hydrogen) atoms. The number of rotatable bonds is 8. The van der Waals surface area contributed by atoms with Crippen molar-refractivity contribution >= 4 is 29.4 Å². The standard InChI is InChI=1S/C22H24FN7O.C8H12O.C2H6/c1-15-3-4-17(11-16(15)2)27-19-6-5-18(24-12-19)13-26-29-22-25-14-20(23)21(28-22)30-7-9-31-10-8-30;1-3-5-6-7-8(9)4-2;1-2/h3-6,11-14,27H,7-10H2,1-2H3,(H,25,28,29);3-7,9H,1-2H3;1-2H3/b26-13+;5-3-,7-6-,8-4+;. The molecule has 0 saturated carbocycles. The van der Waals surface area contributed by atoms with Crippen molar-refractivity contribution in [1.29, 1.82) is 0 Å². The van der Waals surface area contributed by atoms with Gasteiger partial charge in [0, 0.05) is 18.8 Å². The summed E-state index contributed by atoms with van der Waals surface area (Å²) in [5.74, 6) is 0.293. The van der Waals surface area contributed by atoms with E-state index in [1.165, 1.54) is 11.1 Å². The predicted molar refractivity (Wildman–Crippen MR) is 171 cm³/mol. The van der Waals surface area contributed by atoms with Crippen LogP contribution in [0.3, 0.4) is 0 Å². The number of aliphatic hydroxyl groups is 1. The Kier molecular flexibility index (Phi) is 15.0. The minimum absolute atomic E-state index is 0.215. The van der Waals surface area contributed by atoms with E-state index in [0.29, 0.717) is 37.8 Å². The Hall–Kier alpha value is -4.57. The summed E-state index contributed by atoms with van der Waals surface area (Å²) >= 11 is 0. The van der Waals surface area contributed by atoms with Crippen molar-refractivity contribution < 1.29 is 14.2 Å². The molecule has 1 fully saturated rings. The van der Waals surface area contributed by atoms with Crippen molar-refractivity contribution in [2.45, 2.75) is 41.5 Å². The molecule has 1 aromatic carbocycles. The molecule has 0 atom stereocenters. The zero-order valence-corrected chi connectivity index (χ0v) is 25.3. The first-order chi connectivity index (χ1) is 20.4. The smallest absolute Gasteiger partial charge is 0.245 e. The third kappa shape index (κ3) is 11.5. The Morgan fingerprint density at radius 3 is 2.38 bits per heavy atom. The highest BCUT2D eigenvalue weighted by Gasteiger charge is 2.17. The van der Waals surface area contributed by atoms with Gasteiger partial charge in [0.1, 0.15) is 5.76 Å². The molecule has 4 rings (SSSR count). The Morgan fingerprint density at radius 1 is 1.00 bits per heavy atom. The Bertz CT molecular complexity index is 1350. The van der Waals surface area contributed by atoms with Crippen LogP contribution in [0.25, 0.3) is 0 Å². The average molecular weight is 576 g/mol. The molecule has 3 heterocycles. The SMILES string of the molecule is CC.C\C=C/C=C\C(O)=C/C.Cc1ccc(Nc2ccc(/C=N/Nc3ncc(F)c(N4CCOCC4)n3)nc2)cc1C. The van der Waals surface area contributed by atoms with Crippen molar-refractivity contribution in [1.82, 2.24) is 15.0 Å². The number of nitrogens with zero attached hydrogens (tertiary/aromatic N) is 5. The zero-order valence-electron chi connectivity index (χ0n) is 25.3. The van der Waals surface area contributed by atoms with Gasteiger partial charge in [-0.25, -0.2) is 14.8 Å². The van der Waals surface area contributed by atoms with E-state index >= 15 is 0 Å². The number of morpholine rings is 1. The third-order valence-corrected chi connectivity index (χ3v) is 5.85. The first-order valence-electron chi connectivity index (χ1n) is 14.0. The van der Waals surface area contributed by atoms with E-state index in [9.17, 15) is 4.39 Å². The molecule has 0 spiro atoms. The second kappa shape index (κ2) is 18.7. The number of hydrogen-bond donors (Lipinski definition) is 3. The van der Waals surface area contributed by atoms with Gasteiger partial charge in [-0.15, -0.1) is 0 Å². The fourth-order valence-electron chi connectivity index (χ4n) is 3.47. The van der Waals surface area contributed by atoms with Crippen molar-refractivity contribution in [3.63, 3.8) is 0 Å². The molecule has 9 nitrogen and oxygen atoms in total. The number of aromatic nitrogens is 3. The van der Waals surface area contributed by atoms with Crippen molar-refractivity contribution in [2.24, 2.45) is 5.10 Å². The average Bonchev–Trinajstić information content (AvgIpc) is 3.02. The number of pyridine rings is 1. The van der Waals surface area contributed by atoms with Crippen LogP contribution in [0.15, 0.2) is 84.0 Å². The predicted octanol–water partition coefficient (Wildman–Crippen LogP) is 7.26. The van der Waals surface area contributed by atoms with Crippen LogP contribution in [0.1, 0.15) is 44.5 Å². The summed E-state index contributed by atoms with van der Waals surface area (Å²) < 4.78 is 19.4. The van der Waals surface area contributed by atoms with E-state index in [1.807, 2.05) is 56.0 Å². The molecule has 1 aliphatic heterocycles. The normalized spacial score (nSPS) is 13.5. The van der Waals surface area contributed by atoms with E-state index in [2.05, 4.69) is 56.8 Å². The molecule has 2 aromatic heterocycles. The first-order valence-corrected chi connectivity index (χ1v) is 14.0. The summed E-state index contributed by atoms with van der Waals surface area (Å²) in [6, 6.07) is 9.99. The number of hydrazone groups is 1. The first kappa shape index (κ1) is 33.6. The third-order valence-electron chi connectivity index (χ3n) is 5.85. The van der Waals surface area contributed by atoms with Crippen LogP contribution in [-0.4, -0.2) is 52.6 Å². The van der Waals surface area contributed by atoms with Gasteiger partial charge in [0.15, 0.2) is 11.6 Å². The molecule has 3 aromatic rings. The lowest BCUT2D eigenvalue weighted by Crippen LogP contribution is -2.37. The molecule has 0 bridgehead atoms. The summed E-state index contributed by atoms with van der Waals surface area (Å²) in [4.78, 5) is 14.4. The van der Waals surface area contributed by atoms with E-state index < -0.39 is 5.82 Å². The molecule has 0 amide bonds. The maximum atomic E-state index is 14.1. The van der Waals surface area contributed by atoms with Crippen LogP contribution in [0.2, 0.25) is 0 Å². The number of nitrogens with one attached hydrogen (secondary N) is 2. The fourth-order valence-corrected chi connectivity index (χ4v) is 3.47. The van der Waals surface area contributed by atoms with Crippen LogP contribution < -0.4 is 15.6 Å². The van der Waals surface area contributed by atoms with Gasteiger partial charge in [0.05, 0.1) is 43.2 Å². The number of ether oxygens (including phenoxy) is 1. The Balaban J connectivity index is 0.000000481. The van der Waals surface area contributed by atoms with Crippen LogP contribution in [-0.2, 0) is 4.74 Å². The van der Waals surface area contributed by atoms with Gasteiger partial charge in [-0.3, -0.25) is 4.98 Å². The summed E-state index contributed by atoms with van der Waals surface area (Å²) in [6.45, 7) is 14.1. The lowest BCUT2D eigenvalue weighted by Gasteiger charge is -2.27. The van der Waals surface area contributed by atoms with Crippen molar-refractivity contribution in [3.05, 3.63) is 102 Å². The number of allylic oxidation sites excluding steroid dienone is 5. The summed E-state index contributed by atoms with van der Waals surface area (Å²) in [5, 5.41) is 16.3. The molecule has 0 unspecified atom stereocenters. The van der Waals surface area contributed by atoms with Crippen LogP contribution >= 0.6 is 0 Å². The van der Waals surface area contributed by atoms with Gasteiger partial charge < -0.3 is 20.1 Å². The largest absolute Gasteiger partial charge is 0.508 e. The van der Waals surface area contributed by atoms with Gasteiger partial charge in [0.2, 0.25) is 5.95 Å². The number of hydrogen-bond acceptors (Lipinski definition) is 9. The van der Waals surface area contributed by atoms with Gasteiger partial charge in [-0.2, -0.15) is 10.1 Å². The van der Waals surface area contributed by atoms with Gasteiger partial charge in [0.25, 0.3) is 0 Å². The number of aliphatic hydroxyl groups excluding tert-OH is 1. The second-order valence-electron chi connectivity index (χ2n) is 8.83. The Morgan fingerprint density at radius 2 is 1.74 bits per heavy atom. The number of halogens is 1. The topological polar surface area (TPSA) is 108 Å². The number of aryl methyl sites for hydroxylation is 2. The maximum Gasteiger partial charge on any atom is 0.245 e. The highest BCUT2D eigenvalue weighted by Crippen LogP contribution is 2.20. The zero-order chi connectivity index (χ0) is 30.7. The van der Waals surface area contributed by atoms with Crippen LogP contribution in [0.5, 0.6) is 0 Å². The Labute approximate surface area is 248 Å².